The maximum absolute atomic E-state index is 8.54. The number of thiocyanates is 1. The van der Waals surface area contributed by atoms with Gasteiger partial charge in [-0.15, -0.1) is 0 Å². The first kappa shape index (κ1) is 15.5. The fourth-order valence-electron chi connectivity index (χ4n) is 2.08. The van der Waals surface area contributed by atoms with E-state index in [2.05, 4.69) is 36.6 Å². The Morgan fingerprint density at radius 2 is 1.81 bits per heavy atom. The second kappa shape index (κ2) is 8.39. The van der Waals surface area contributed by atoms with E-state index < -0.39 is 0 Å². The van der Waals surface area contributed by atoms with Crippen LogP contribution in [0.1, 0.15) is 30.4 Å². The van der Waals surface area contributed by atoms with Crippen LogP contribution >= 0.6 is 11.8 Å². The summed E-state index contributed by atoms with van der Waals surface area (Å²) < 4.78 is 5.78. The molecule has 21 heavy (non-hydrogen) atoms. The number of nitriles is 1. The molecule has 0 aliphatic rings. The molecule has 2 aromatic rings. The van der Waals surface area contributed by atoms with Gasteiger partial charge in [-0.3, -0.25) is 0 Å². The fourth-order valence-corrected chi connectivity index (χ4v) is 2.64. The molecule has 3 heteroatoms. The van der Waals surface area contributed by atoms with Crippen molar-refractivity contribution in [1.29, 1.82) is 5.26 Å². The fraction of sp³-hybridized carbons (Fsp3) is 0.278. The van der Waals surface area contributed by atoms with E-state index in [4.69, 9.17) is 10.00 Å². The molecule has 0 aliphatic heterocycles. The molecule has 0 saturated heterocycles. The largest absolute Gasteiger partial charge is 0.489 e. The number of hydrogen-bond acceptors (Lipinski definition) is 3. The van der Waals surface area contributed by atoms with Crippen molar-refractivity contribution in [2.24, 2.45) is 0 Å². The van der Waals surface area contributed by atoms with Gasteiger partial charge in [-0.2, -0.15) is 5.26 Å². The number of thioether (sulfide) groups is 1. The van der Waals surface area contributed by atoms with Crippen LogP contribution in [0.15, 0.2) is 54.6 Å². The molecule has 108 valence electrons. The van der Waals surface area contributed by atoms with Crippen molar-refractivity contribution in [3.63, 3.8) is 0 Å². The highest BCUT2D eigenvalue weighted by atomic mass is 32.2. The Kier molecular flexibility index (Phi) is 6.18. The second-order valence-electron chi connectivity index (χ2n) is 4.97. The highest BCUT2D eigenvalue weighted by Gasteiger charge is 2.05. The zero-order valence-corrected chi connectivity index (χ0v) is 13.0. The van der Waals surface area contributed by atoms with E-state index in [9.17, 15) is 0 Å². The van der Waals surface area contributed by atoms with Crippen molar-refractivity contribution < 1.29 is 4.74 Å². The highest BCUT2D eigenvalue weighted by molar-refractivity contribution is 8.03. The van der Waals surface area contributed by atoms with Gasteiger partial charge in [0, 0.05) is 5.75 Å². The first-order valence-electron chi connectivity index (χ1n) is 7.07. The average molecular weight is 297 g/mol. The van der Waals surface area contributed by atoms with Crippen molar-refractivity contribution in [1.82, 2.24) is 0 Å². The average Bonchev–Trinajstić information content (AvgIpc) is 2.54. The summed E-state index contributed by atoms with van der Waals surface area (Å²) in [6, 6.07) is 18.4. The van der Waals surface area contributed by atoms with Crippen molar-refractivity contribution in [2.75, 3.05) is 5.75 Å². The molecule has 0 saturated carbocycles. The minimum atomic E-state index is 0.467. The second-order valence-corrected chi connectivity index (χ2v) is 5.85. The van der Waals surface area contributed by atoms with Gasteiger partial charge in [0.05, 0.1) is 0 Å². The molecule has 2 nitrogen and oxygen atoms in total. The molecule has 0 amide bonds. The standard InChI is InChI=1S/C18H19NOS/c1-15(11-12-21-14-19)17-7-9-18(10-8-17)20-13-16-5-3-2-4-6-16/h2-10,15H,11-13H2,1H3. The van der Waals surface area contributed by atoms with Gasteiger partial charge in [-0.25, -0.2) is 0 Å². The van der Waals surface area contributed by atoms with Crippen LogP contribution in [0.5, 0.6) is 5.75 Å². The van der Waals surface area contributed by atoms with Gasteiger partial charge in [-0.1, -0.05) is 49.4 Å². The quantitative estimate of drug-likeness (QED) is 0.534. The summed E-state index contributed by atoms with van der Waals surface area (Å²) in [5.41, 5.74) is 2.46. The third-order valence-corrected chi connectivity index (χ3v) is 3.98. The van der Waals surface area contributed by atoms with Crippen molar-refractivity contribution in [3.05, 3.63) is 65.7 Å². The third-order valence-electron chi connectivity index (χ3n) is 3.41. The number of hydrogen-bond donors (Lipinski definition) is 0. The van der Waals surface area contributed by atoms with E-state index >= 15 is 0 Å². The van der Waals surface area contributed by atoms with Crippen LogP contribution in [0.3, 0.4) is 0 Å². The van der Waals surface area contributed by atoms with Gasteiger partial charge in [0.15, 0.2) is 0 Å². The molecule has 0 spiro atoms. The summed E-state index contributed by atoms with van der Waals surface area (Å²) in [6.07, 6.45) is 1.02. The minimum absolute atomic E-state index is 0.467. The van der Waals surface area contributed by atoms with Crippen molar-refractivity contribution in [3.8, 4) is 11.2 Å². The Hall–Kier alpha value is -1.92. The Morgan fingerprint density at radius 3 is 2.48 bits per heavy atom. The normalized spacial score (nSPS) is 11.6. The molecule has 0 N–H and O–H groups in total. The van der Waals surface area contributed by atoms with Gasteiger partial charge in [0.1, 0.15) is 17.8 Å². The predicted octanol–water partition coefficient (Wildman–Crippen LogP) is 4.97. The number of ether oxygens (including phenoxy) is 1. The van der Waals surface area contributed by atoms with Crippen LogP contribution in [0.25, 0.3) is 0 Å². The third kappa shape index (κ3) is 5.17. The molecule has 0 radical (unpaired) electrons. The predicted molar refractivity (Wildman–Crippen MR) is 88.3 cm³/mol. The smallest absolute Gasteiger partial charge is 0.133 e. The molecular weight excluding hydrogens is 278 g/mol. The van der Waals surface area contributed by atoms with E-state index in [1.54, 1.807) is 0 Å². The summed E-state index contributed by atoms with van der Waals surface area (Å²) in [5.74, 6) is 2.24. The molecule has 2 aromatic carbocycles. The van der Waals surface area contributed by atoms with E-state index in [-0.39, 0.29) is 0 Å². The minimum Gasteiger partial charge on any atom is -0.489 e. The topological polar surface area (TPSA) is 33.0 Å². The van der Waals surface area contributed by atoms with Gasteiger partial charge in [-0.05, 0) is 47.4 Å². The van der Waals surface area contributed by atoms with Crippen LogP contribution in [0.2, 0.25) is 0 Å². The first-order chi connectivity index (χ1) is 10.3. The number of benzene rings is 2. The first-order valence-corrected chi connectivity index (χ1v) is 8.05. The summed E-state index contributed by atoms with van der Waals surface area (Å²) in [6.45, 7) is 2.78. The number of nitrogens with zero attached hydrogens (tertiary/aromatic N) is 1. The highest BCUT2D eigenvalue weighted by Crippen LogP contribution is 2.23. The van der Waals surface area contributed by atoms with Gasteiger partial charge < -0.3 is 4.74 Å². The summed E-state index contributed by atoms with van der Waals surface area (Å²) in [4.78, 5) is 0. The van der Waals surface area contributed by atoms with Gasteiger partial charge in [0.25, 0.3) is 0 Å². The van der Waals surface area contributed by atoms with E-state index in [0.29, 0.717) is 12.5 Å². The van der Waals surface area contributed by atoms with Crippen LogP contribution in [0, 0.1) is 10.7 Å². The van der Waals surface area contributed by atoms with E-state index in [0.717, 1.165) is 17.9 Å². The van der Waals surface area contributed by atoms with E-state index in [1.165, 1.54) is 22.9 Å². The molecule has 1 unspecified atom stereocenters. The van der Waals surface area contributed by atoms with Crippen LogP contribution in [-0.4, -0.2) is 5.75 Å². The lowest BCUT2D eigenvalue weighted by molar-refractivity contribution is 0.306. The molecule has 0 aliphatic carbocycles. The zero-order valence-electron chi connectivity index (χ0n) is 12.2. The monoisotopic (exact) mass is 297 g/mol. The maximum atomic E-state index is 8.54. The molecule has 0 bridgehead atoms. The summed E-state index contributed by atoms with van der Waals surface area (Å²) >= 11 is 1.32. The molecule has 0 heterocycles. The number of rotatable bonds is 7. The van der Waals surface area contributed by atoms with Crippen LogP contribution < -0.4 is 4.74 Å². The van der Waals surface area contributed by atoms with Gasteiger partial charge >= 0.3 is 0 Å². The summed E-state index contributed by atoms with van der Waals surface area (Å²) in [5, 5.41) is 10.6. The SMILES string of the molecule is CC(CCSC#N)c1ccc(OCc2ccccc2)cc1. The van der Waals surface area contributed by atoms with Crippen molar-refractivity contribution in [2.45, 2.75) is 25.9 Å². The lowest BCUT2D eigenvalue weighted by Gasteiger charge is -2.12. The van der Waals surface area contributed by atoms with Gasteiger partial charge in [0.2, 0.25) is 0 Å². The Labute approximate surface area is 130 Å². The Morgan fingerprint density at radius 1 is 1.10 bits per heavy atom. The molecule has 1 atom stereocenters. The zero-order chi connectivity index (χ0) is 14.9. The molecular formula is C18H19NOS. The van der Waals surface area contributed by atoms with Crippen molar-refractivity contribution >= 4 is 11.8 Å². The van der Waals surface area contributed by atoms with E-state index in [1.807, 2.05) is 30.3 Å². The summed E-state index contributed by atoms with van der Waals surface area (Å²) in [7, 11) is 0. The molecule has 0 fully saturated rings. The maximum Gasteiger partial charge on any atom is 0.133 e. The molecule has 2 rings (SSSR count). The Balaban J connectivity index is 1.85. The molecule has 0 aromatic heterocycles. The lowest BCUT2D eigenvalue weighted by Crippen LogP contribution is -1.97. The Bertz CT molecular complexity index is 574. The lowest BCUT2D eigenvalue weighted by atomic mass is 9.99. The van der Waals surface area contributed by atoms with Crippen LogP contribution in [0.4, 0.5) is 0 Å². The van der Waals surface area contributed by atoms with Crippen LogP contribution in [-0.2, 0) is 6.61 Å².